The third-order valence-corrected chi connectivity index (χ3v) is 5.49. The third-order valence-electron chi connectivity index (χ3n) is 5.49. The van der Waals surface area contributed by atoms with Crippen LogP contribution in [0.2, 0.25) is 0 Å². The lowest BCUT2D eigenvalue weighted by molar-refractivity contribution is 0.218. The highest BCUT2D eigenvalue weighted by atomic mass is 14.3. The largest absolute Gasteiger partial charge is 0.0654 e. The Balaban J connectivity index is 4.09. The predicted octanol–water partition coefficient (Wildman–Crippen LogP) is 6.94. The zero-order valence-electron chi connectivity index (χ0n) is 14.8. The fraction of sp³-hybridized carbons (Fsp3) is 1.00. The Morgan fingerprint density at radius 2 is 1.37 bits per heavy atom. The van der Waals surface area contributed by atoms with E-state index in [0.717, 1.165) is 29.6 Å². The standard InChI is InChI=1S/C19H40/c1-8-11-12-19(10-3)14-15(4)13-17(6)18(7)16(5)9-2/h15-19H,8-14H2,1-7H3. The number of unbranched alkanes of at least 4 members (excludes halogenated alkanes) is 1. The second-order valence-electron chi connectivity index (χ2n) is 7.22. The van der Waals surface area contributed by atoms with Crippen LogP contribution in [0.4, 0.5) is 0 Å². The molecular formula is C19H40. The first-order chi connectivity index (χ1) is 8.96. The smallest absolute Gasteiger partial charge is 0.0391 e. The molecule has 0 aromatic rings. The monoisotopic (exact) mass is 268 g/mol. The van der Waals surface area contributed by atoms with Gasteiger partial charge in [-0.25, -0.2) is 0 Å². The molecule has 0 amide bonds. The van der Waals surface area contributed by atoms with Crippen molar-refractivity contribution >= 4 is 0 Å². The minimum absolute atomic E-state index is 0.878. The molecule has 116 valence electrons. The molecule has 0 heteroatoms. The predicted molar refractivity (Wildman–Crippen MR) is 89.5 cm³/mol. The lowest BCUT2D eigenvalue weighted by Gasteiger charge is -2.29. The highest BCUT2D eigenvalue weighted by Gasteiger charge is 2.21. The molecule has 0 bridgehead atoms. The summed E-state index contributed by atoms with van der Waals surface area (Å²) < 4.78 is 0. The van der Waals surface area contributed by atoms with Gasteiger partial charge in [-0.3, -0.25) is 0 Å². The van der Waals surface area contributed by atoms with Crippen molar-refractivity contribution in [2.45, 2.75) is 93.4 Å². The molecule has 0 aliphatic heterocycles. The van der Waals surface area contributed by atoms with Gasteiger partial charge in [0, 0.05) is 0 Å². The molecule has 0 aromatic carbocycles. The van der Waals surface area contributed by atoms with Crippen LogP contribution in [0, 0.1) is 29.6 Å². The van der Waals surface area contributed by atoms with Gasteiger partial charge >= 0.3 is 0 Å². The van der Waals surface area contributed by atoms with E-state index in [1.807, 2.05) is 0 Å². The maximum Gasteiger partial charge on any atom is -0.0391 e. The first-order valence-electron chi connectivity index (χ1n) is 8.96. The van der Waals surface area contributed by atoms with Crippen LogP contribution in [-0.4, -0.2) is 0 Å². The van der Waals surface area contributed by atoms with E-state index >= 15 is 0 Å². The van der Waals surface area contributed by atoms with Crippen LogP contribution in [0.25, 0.3) is 0 Å². The van der Waals surface area contributed by atoms with Crippen LogP contribution in [0.1, 0.15) is 93.4 Å². The summed E-state index contributed by atoms with van der Waals surface area (Å²) in [5, 5.41) is 0. The molecule has 0 nitrogen and oxygen atoms in total. The maximum absolute atomic E-state index is 2.48. The van der Waals surface area contributed by atoms with Crippen molar-refractivity contribution in [3.8, 4) is 0 Å². The summed E-state index contributed by atoms with van der Waals surface area (Å²) in [5.74, 6) is 4.52. The van der Waals surface area contributed by atoms with Gasteiger partial charge in [0.2, 0.25) is 0 Å². The molecule has 0 aromatic heterocycles. The minimum Gasteiger partial charge on any atom is -0.0654 e. The number of rotatable bonds is 11. The van der Waals surface area contributed by atoms with Gasteiger partial charge < -0.3 is 0 Å². The molecule has 0 fully saturated rings. The van der Waals surface area contributed by atoms with Crippen molar-refractivity contribution in [2.24, 2.45) is 29.6 Å². The molecule has 0 spiro atoms. The van der Waals surface area contributed by atoms with E-state index in [4.69, 9.17) is 0 Å². The topological polar surface area (TPSA) is 0 Å². The fourth-order valence-electron chi connectivity index (χ4n) is 3.43. The Labute approximate surface area is 123 Å². The lowest BCUT2D eigenvalue weighted by atomic mass is 9.77. The molecule has 19 heavy (non-hydrogen) atoms. The fourth-order valence-corrected chi connectivity index (χ4v) is 3.43. The van der Waals surface area contributed by atoms with Crippen molar-refractivity contribution in [1.29, 1.82) is 0 Å². The van der Waals surface area contributed by atoms with Crippen LogP contribution >= 0.6 is 0 Å². The van der Waals surface area contributed by atoms with Crippen LogP contribution in [0.15, 0.2) is 0 Å². The van der Waals surface area contributed by atoms with E-state index in [0.29, 0.717) is 0 Å². The first kappa shape index (κ1) is 19.0. The Morgan fingerprint density at radius 1 is 0.737 bits per heavy atom. The Morgan fingerprint density at radius 3 is 1.84 bits per heavy atom. The number of hydrogen-bond acceptors (Lipinski definition) is 0. The summed E-state index contributed by atoms with van der Waals surface area (Å²) in [6.07, 6.45) is 9.80. The SMILES string of the molecule is CCCCC(CC)CC(C)CC(C)C(C)C(C)CC. The Kier molecular flexibility index (Phi) is 10.7. The molecule has 0 saturated heterocycles. The van der Waals surface area contributed by atoms with Gasteiger partial charge in [0.15, 0.2) is 0 Å². The summed E-state index contributed by atoms with van der Waals surface area (Å²) in [5.41, 5.74) is 0. The summed E-state index contributed by atoms with van der Waals surface area (Å²) >= 11 is 0. The number of hydrogen-bond donors (Lipinski definition) is 0. The average Bonchev–Trinajstić information content (AvgIpc) is 2.41. The molecular weight excluding hydrogens is 228 g/mol. The summed E-state index contributed by atoms with van der Waals surface area (Å²) in [7, 11) is 0. The third kappa shape index (κ3) is 8.00. The van der Waals surface area contributed by atoms with E-state index in [2.05, 4.69) is 48.5 Å². The van der Waals surface area contributed by atoms with E-state index < -0.39 is 0 Å². The molecule has 0 aliphatic rings. The molecule has 0 rings (SSSR count). The van der Waals surface area contributed by atoms with E-state index in [1.54, 1.807) is 0 Å². The molecule has 0 saturated carbocycles. The molecule has 0 heterocycles. The summed E-state index contributed by atoms with van der Waals surface area (Å²) in [6, 6.07) is 0. The van der Waals surface area contributed by atoms with Crippen molar-refractivity contribution in [1.82, 2.24) is 0 Å². The van der Waals surface area contributed by atoms with Gasteiger partial charge in [-0.05, 0) is 42.4 Å². The average molecular weight is 269 g/mol. The summed E-state index contributed by atoms with van der Waals surface area (Å²) in [4.78, 5) is 0. The maximum atomic E-state index is 2.48. The second-order valence-corrected chi connectivity index (χ2v) is 7.22. The Hall–Kier alpha value is 0. The van der Waals surface area contributed by atoms with Gasteiger partial charge in [0.25, 0.3) is 0 Å². The van der Waals surface area contributed by atoms with Crippen molar-refractivity contribution in [3.63, 3.8) is 0 Å². The van der Waals surface area contributed by atoms with E-state index in [-0.39, 0.29) is 0 Å². The zero-order chi connectivity index (χ0) is 14.8. The summed E-state index contributed by atoms with van der Waals surface area (Å²) in [6.45, 7) is 16.8. The van der Waals surface area contributed by atoms with E-state index in [1.165, 1.54) is 44.9 Å². The molecule has 0 N–H and O–H groups in total. The Bertz CT molecular complexity index is 196. The van der Waals surface area contributed by atoms with Crippen LogP contribution in [0.3, 0.4) is 0 Å². The normalized spacial score (nSPS) is 19.7. The van der Waals surface area contributed by atoms with Gasteiger partial charge in [-0.1, -0.05) is 80.6 Å². The van der Waals surface area contributed by atoms with Gasteiger partial charge in [-0.15, -0.1) is 0 Å². The van der Waals surface area contributed by atoms with E-state index in [9.17, 15) is 0 Å². The van der Waals surface area contributed by atoms with Crippen LogP contribution in [0.5, 0.6) is 0 Å². The molecule has 0 radical (unpaired) electrons. The van der Waals surface area contributed by atoms with Gasteiger partial charge in [0.05, 0.1) is 0 Å². The highest BCUT2D eigenvalue weighted by Crippen LogP contribution is 2.31. The van der Waals surface area contributed by atoms with Crippen molar-refractivity contribution < 1.29 is 0 Å². The molecule has 5 atom stereocenters. The second kappa shape index (κ2) is 10.7. The lowest BCUT2D eigenvalue weighted by Crippen LogP contribution is -2.19. The minimum atomic E-state index is 0.878. The van der Waals surface area contributed by atoms with Crippen molar-refractivity contribution in [3.05, 3.63) is 0 Å². The molecule has 5 unspecified atom stereocenters. The van der Waals surface area contributed by atoms with Crippen LogP contribution in [-0.2, 0) is 0 Å². The van der Waals surface area contributed by atoms with Crippen LogP contribution < -0.4 is 0 Å². The quantitative estimate of drug-likeness (QED) is 0.381. The first-order valence-corrected chi connectivity index (χ1v) is 8.96. The van der Waals surface area contributed by atoms with Gasteiger partial charge in [0.1, 0.15) is 0 Å². The van der Waals surface area contributed by atoms with Gasteiger partial charge in [-0.2, -0.15) is 0 Å². The van der Waals surface area contributed by atoms with Crippen molar-refractivity contribution in [2.75, 3.05) is 0 Å². The molecule has 0 aliphatic carbocycles. The zero-order valence-corrected chi connectivity index (χ0v) is 14.8. The highest BCUT2D eigenvalue weighted by molar-refractivity contribution is 4.71.